The van der Waals surface area contributed by atoms with Crippen molar-refractivity contribution in [3.8, 4) is 0 Å². The molecule has 1 fully saturated rings. The van der Waals surface area contributed by atoms with Gasteiger partial charge in [0, 0.05) is 30.7 Å². The number of thioether (sulfide) groups is 1. The summed E-state index contributed by atoms with van der Waals surface area (Å²) < 4.78 is 62.5. The lowest BCUT2D eigenvalue weighted by Gasteiger charge is -2.30. The van der Waals surface area contributed by atoms with Gasteiger partial charge in [-0.1, -0.05) is 112 Å². The summed E-state index contributed by atoms with van der Waals surface area (Å²) in [5.41, 5.74) is 4.26. The monoisotopic (exact) mass is 1100 g/mol. The van der Waals surface area contributed by atoms with Gasteiger partial charge in [-0.05, 0) is 57.4 Å². The fraction of sp³-hybridized carbons (Fsp3) is 0.511. The Morgan fingerprint density at radius 3 is 2.01 bits per heavy atom. The predicted octanol–water partition coefficient (Wildman–Crippen LogP) is 5.70. The lowest BCUT2D eigenvalue weighted by Crippen LogP contribution is -2.46. The number of nitrogens with one attached hydrogen (secondary N) is 2. The van der Waals surface area contributed by atoms with E-state index in [9.17, 15) is 57.9 Å². The Labute approximate surface area is 428 Å². The summed E-state index contributed by atoms with van der Waals surface area (Å²) in [6, 6.07) is 0. The smallest absolute Gasteiger partial charge is 0.386 e. The van der Waals surface area contributed by atoms with Gasteiger partial charge < -0.3 is 50.9 Å². The van der Waals surface area contributed by atoms with E-state index in [1.807, 2.05) is 0 Å². The highest BCUT2D eigenvalue weighted by molar-refractivity contribution is 8.14. The highest BCUT2D eigenvalue weighted by Crippen LogP contribution is 2.61. The summed E-state index contributed by atoms with van der Waals surface area (Å²) in [4.78, 5) is 88.4. The van der Waals surface area contributed by atoms with Gasteiger partial charge >= 0.3 is 23.5 Å². The van der Waals surface area contributed by atoms with Crippen LogP contribution in [0.2, 0.25) is 0 Å². The van der Waals surface area contributed by atoms with Gasteiger partial charge in [0.1, 0.15) is 36.3 Å². The van der Waals surface area contributed by atoms with Crippen LogP contribution in [0.15, 0.2) is 97.7 Å². The lowest BCUT2D eigenvalue weighted by atomic mass is 9.87. The zero-order valence-electron chi connectivity index (χ0n) is 40.8. The van der Waals surface area contributed by atoms with Gasteiger partial charge in [0.25, 0.3) is 0 Å². The summed E-state index contributed by atoms with van der Waals surface area (Å²) in [5.74, 6) is -1.16. The zero-order chi connectivity index (χ0) is 53.9. The van der Waals surface area contributed by atoms with Crippen molar-refractivity contribution in [2.75, 3.05) is 37.8 Å². The van der Waals surface area contributed by atoms with Crippen LogP contribution in [0.5, 0.6) is 0 Å². The molecule has 2 aromatic heterocycles. The van der Waals surface area contributed by atoms with Crippen molar-refractivity contribution >= 4 is 69.1 Å². The fourth-order valence-electron chi connectivity index (χ4n) is 6.34. The largest absolute Gasteiger partial charge is 0.481 e. The maximum atomic E-state index is 12.8. The van der Waals surface area contributed by atoms with Crippen molar-refractivity contribution in [2.24, 2.45) is 5.41 Å². The molecule has 0 radical (unpaired) electrons. The molecule has 406 valence electrons. The van der Waals surface area contributed by atoms with Gasteiger partial charge in [0.15, 0.2) is 17.7 Å². The number of nitrogens with two attached hydrogens (primary N) is 1. The third-order valence-corrected chi connectivity index (χ3v) is 14.0. The lowest BCUT2D eigenvalue weighted by molar-refractivity contribution is -0.137. The molecule has 0 aliphatic carbocycles. The number of nitrogens with zero attached hydrogens (tertiary/aromatic N) is 4. The number of unbranched alkanes of at least 4 members (excludes halogenated alkanes) is 1. The summed E-state index contributed by atoms with van der Waals surface area (Å²) in [5, 5.41) is 26.4. The average Bonchev–Trinajstić information content (AvgIpc) is 3.88. The number of fused-ring (bicyclic) bond motifs is 1. The molecule has 2 aromatic rings. The standard InChI is InChI=1S/C45H68N7O17P3S/c1-4-5-6-7-8-9-10-11-12-13-14-15-16-17-18-19-20-21-22-23-24-25-36(54)73-29-28-47-35(53)26-27-48-43(57)40(56)45(2,3)31-66-72(63,64)69-71(61,62)65-30-34-39(68-70(58,59)60)38(55)44(67-34)52-33-51-37-41(46)49-32-50-42(37)52/h5-6,8-9,11-12,14-15,17-18,20-21,24-25,32-34,38-40,44,55-56H,4,7,10,13,16,19,22-23,26-31H2,1-3H3,(H,47,53)(H,48,57)(H,61,62)(H,63,64)(H2,46,49,50)(H2,58,59,60)/b6-5-,9-8-,12-11-,15-14-,18-17-,21-20-,25-24+/t34-,38-,39-,40?,44-/m1/s1. The van der Waals surface area contributed by atoms with E-state index in [-0.39, 0.29) is 41.6 Å². The van der Waals surface area contributed by atoms with Crippen LogP contribution in [0.25, 0.3) is 11.2 Å². The van der Waals surface area contributed by atoms with Gasteiger partial charge in [-0.15, -0.1) is 0 Å². The molecule has 0 bridgehead atoms. The third-order valence-electron chi connectivity index (χ3n) is 10.1. The van der Waals surface area contributed by atoms with Crippen LogP contribution in [-0.2, 0) is 50.7 Å². The molecule has 0 spiro atoms. The van der Waals surface area contributed by atoms with Gasteiger partial charge in [-0.25, -0.2) is 28.6 Å². The minimum absolute atomic E-state index is 0.0284. The Kier molecular flexibility index (Phi) is 27.8. The van der Waals surface area contributed by atoms with Crippen LogP contribution >= 0.6 is 35.2 Å². The predicted molar refractivity (Wildman–Crippen MR) is 274 cm³/mol. The minimum Gasteiger partial charge on any atom is -0.386 e. The van der Waals surface area contributed by atoms with Gasteiger partial charge in [0.2, 0.25) is 16.9 Å². The first-order valence-corrected chi connectivity index (χ1v) is 28.7. The molecule has 1 saturated heterocycles. The van der Waals surface area contributed by atoms with Crippen molar-refractivity contribution in [2.45, 2.75) is 109 Å². The number of allylic oxidation sites excluding steroid dienone is 13. The molecule has 1 aliphatic rings. The normalized spacial score (nSPS) is 20.2. The quantitative estimate of drug-likeness (QED) is 0.0176. The summed E-state index contributed by atoms with van der Waals surface area (Å²) in [7, 11) is -16.4. The number of hydrogen-bond acceptors (Lipinski definition) is 18. The second-order valence-electron chi connectivity index (χ2n) is 16.6. The number of phosphoric ester groups is 3. The highest BCUT2D eigenvalue weighted by Gasteiger charge is 2.50. The molecule has 0 saturated carbocycles. The number of hydrogen-bond donors (Lipinski definition) is 9. The van der Waals surface area contributed by atoms with Crippen LogP contribution in [-0.4, -0.2) is 123 Å². The zero-order valence-corrected chi connectivity index (χ0v) is 44.3. The Morgan fingerprint density at radius 2 is 1.41 bits per heavy atom. The highest BCUT2D eigenvalue weighted by atomic mass is 32.2. The molecule has 73 heavy (non-hydrogen) atoms. The van der Waals surface area contributed by atoms with E-state index in [2.05, 4.69) is 114 Å². The molecule has 10 N–H and O–H groups in total. The Balaban J connectivity index is 1.28. The summed E-state index contributed by atoms with van der Waals surface area (Å²) in [6.45, 7) is 2.57. The molecule has 3 unspecified atom stereocenters. The number of aliphatic hydroxyl groups excluding tert-OH is 2. The molecule has 2 amide bonds. The number of phosphoric acid groups is 3. The Morgan fingerprint density at radius 1 is 0.836 bits per heavy atom. The number of nitrogen functional groups attached to an aromatic ring is 1. The van der Waals surface area contributed by atoms with Gasteiger partial charge in [0.05, 0.1) is 19.5 Å². The van der Waals surface area contributed by atoms with E-state index in [0.717, 1.165) is 73.9 Å². The van der Waals surface area contributed by atoms with Crippen molar-refractivity contribution in [3.05, 3.63) is 97.7 Å². The molecule has 1 aliphatic heterocycles. The van der Waals surface area contributed by atoms with E-state index >= 15 is 0 Å². The van der Waals surface area contributed by atoms with E-state index in [1.165, 1.54) is 19.9 Å². The number of amides is 2. The maximum Gasteiger partial charge on any atom is 0.481 e. The van der Waals surface area contributed by atoms with Crippen molar-refractivity contribution < 1.29 is 80.5 Å². The third kappa shape index (κ3) is 24.8. The van der Waals surface area contributed by atoms with Crippen molar-refractivity contribution in [1.29, 1.82) is 0 Å². The molecule has 24 nitrogen and oxygen atoms in total. The van der Waals surface area contributed by atoms with E-state index in [4.69, 9.17) is 19.5 Å². The number of imidazole rings is 1. The van der Waals surface area contributed by atoms with E-state index in [0.29, 0.717) is 12.2 Å². The molecule has 0 aromatic carbocycles. The van der Waals surface area contributed by atoms with Gasteiger partial charge in [-0.3, -0.25) is 32.5 Å². The minimum atomic E-state index is -5.59. The van der Waals surface area contributed by atoms with E-state index < -0.39 is 84.6 Å². The first-order valence-electron chi connectivity index (χ1n) is 23.2. The number of carbonyl (C=O) groups excluding carboxylic acids is 3. The van der Waals surface area contributed by atoms with E-state index in [1.54, 1.807) is 6.08 Å². The maximum absolute atomic E-state index is 12.8. The Hall–Kier alpha value is -4.26. The second-order valence-corrected chi connectivity index (χ2v) is 22.0. The van der Waals surface area contributed by atoms with Crippen LogP contribution < -0.4 is 16.4 Å². The molecule has 7 atom stereocenters. The SMILES string of the molecule is CC/C=C\C/C=C\C/C=C\C/C=C\C/C=C\C/C=C\CC/C=C/C(=O)SCCNC(=O)CCNC(=O)C(O)C(C)(C)COP(=O)(O)OP(=O)(O)OC[C@H]1O[C@@H](n2cnc3c(N)ncnc32)[C@H](O)[C@@H]1OP(=O)(O)O. The van der Waals surface area contributed by atoms with Crippen molar-refractivity contribution in [3.63, 3.8) is 0 Å². The number of carbonyl (C=O) groups is 3. The van der Waals surface area contributed by atoms with Crippen molar-refractivity contribution in [1.82, 2.24) is 30.2 Å². The number of rotatable bonds is 34. The van der Waals surface area contributed by atoms with Gasteiger partial charge in [-0.2, -0.15) is 4.31 Å². The number of aromatic nitrogens is 4. The van der Waals surface area contributed by atoms with Crippen LogP contribution in [0.1, 0.15) is 84.8 Å². The molecular formula is C45H68N7O17P3S. The average molecular weight is 1100 g/mol. The molecule has 3 rings (SSSR count). The van der Waals surface area contributed by atoms with Crippen LogP contribution in [0.4, 0.5) is 5.82 Å². The molecular weight excluding hydrogens is 1040 g/mol. The fourth-order valence-corrected chi connectivity index (χ4v) is 9.77. The summed E-state index contributed by atoms with van der Waals surface area (Å²) in [6.07, 6.45) is 29.2. The van der Waals surface area contributed by atoms with Crippen LogP contribution in [0, 0.1) is 5.41 Å². The number of anilines is 1. The second kappa shape index (κ2) is 32.2. The first-order chi connectivity index (χ1) is 34.6. The van der Waals surface area contributed by atoms with Crippen LogP contribution in [0.3, 0.4) is 0 Å². The Bertz CT molecular complexity index is 2440. The molecule has 28 heteroatoms. The number of aliphatic hydroxyl groups is 2. The number of ether oxygens (including phenoxy) is 1. The molecule has 3 heterocycles. The topological polar surface area (TPSA) is 364 Å². The first kappa shape index (κ1) is 63.0. The summed E-state index contributed by atoms with van der Waals surface area (Å²) >= 11 is 1.03.